The van der Waals surface area contributed by atoms with Crippen molar-refractivity contribution in [2.24, 2.45) is 0 Å². The summed E-state index contributed by atoms with van der Waals surface area (Å²) in [7, 11) is 0. The van der Waals surface area contributed by atoms with Gasteiger partial charge in [0.05, 0.1) is 0 Å². The van der Waals surface area contributed by atoms with Gasteiger partial charge >= 0.3 is 6.03 Å². The average molecular weight is 337 g/mol. The summed E-state index contributed by atoms with van der Waals surface area (Å²) in [5.74, 6) is 0.693. The lowest BCUT2D eigenvalue weighted by atomic mass is 10.3. The first-order valence-electron chi connectivity index (χ1n) is 7.32. The van der Waals surface area contributed by atoms with Crippen LogP contribution in [0, 0.1) is 6.92 Å². The van der Waals surface area contributed by atoms with Gasteiger partial charge in [-0.3, -0.25) is 10.2 Å². The Morgan fingerprint density at radius 1 is 1.36 bits per heavy atom. The second kappa shape index (κ2) is 7.17. The molecule has 0 aromatic carbocycles. The van der Waals surface area contributed by atoms with E-state index >= 15 is 0 Å². The second-order valence-corrected chi connectivity index (χ2v) is 7.06. The summed E-state index contributed by atoms with van der Waals surface area (Å²) in [4.78, 5) is 22.1. The SMILES string of the molecule is Cc1nsc(NC(=O)N2CCCN(Cc3cccs3)CC2)n1. The number of hydrogen-bond acceptors (Lipinski definition) is 6. The number of nitrogens with one attached hydrogen (secondary N) is 1. The van der Waals surface area contributed by atoms with Gasteiger partial charge in [0, 0.05) is 49.1 Å². The minimum atomic E-state index is -0.0749. The monoisotopic (exact) mass is 337 g/mol. The molecule has 1 fully saturated rings. The van der Waals surface area contributed by atoms with Gasteiger partial charge in [0.1, 0.15) is 5.82 Å². The molecule has 0 atom stereocenters. The van der Waals surface area contributed by atoms with E-state index < -0.39 is 0 Å². The van der Waals surface area contributed by atoms with E-state index in [0.717, 1.165) is 39.1 Å². The van der Waals surface area contributed by atoms with Gasteiger partial charge in [-0.2, -0.15) is 4.37 Å². The van der Waals surface area contributed by atoms with Crippen LogP contribution < -0.4 is 5.32 Å². The number of aryl methyl sites for hydroxylation is 1. The summed E-state index contributed by atoms with van der Waals surface area (Å²) in [5.41, 5.74) is 0. The number of urea groups is 1. The van der Waals surface area contributed by atoms with Gasteiger partial charge in [-0.15, -0.1) is 11.3 Å². The predicted molar refractivity (Wildman–Crippen MR) is 89.5 cm³/mol. The summed E-state index contributed by atoms with van der Waals surface area (Å²) in [5, 5.41) is 5.52. The molecule has 118 valence electrons. The van der Waals surface area contributed by atoms with Gasteiger partial charge in [0.15, 0.2) is 0 Å². The van der Waals surface area contributed by atoms with Crippen molar-refractivity contribution >= 4 is 34.0 Å². The van der Waals surface area contributed by atoms with E-state index in [0.29, 0.717) is 11.0 Å². The number of amides is 2. The van der Waals surface area contributed by atoms with E-state index in [1.807, 2.05) is 11.8 Å². The largest absolute Gasteiger partial charge is 0.323 e. The lowest BCUT2D eigenvalue weighted by molar-refractivity contribution is 0.211. The molecule has 0 unspecified atom stereocenters. The van der Waals surface area contributed by atoms with Crippen LogP contribution in [0.4, 0.5) is 9.93 Å². The van der Waals surface area contributed by atoms with Crippen LogP contribution in [-0.4, -0.2) is 51.4 Å². The molecule has 1 N–H and O–H groups in total. The number of nitrogens with zero attached hydrogens (tertiary/aromatic N) is 4. The Bertz CT molecular complexity index is 613. The highest BCUT2D eigenvalue weighted by atomic mass is 32.1. The van der Waals surface area contributed by atoms with Crippen molar-refractivity contribution in [1.29, 1.82) is 0 Å². The molecule has 22 heavy (non-hydrogen) atoms. The number of thiophene rings is 1. The van der Waals surface area contributed by atoms with Crippen LogP contribution in [0.3, 0.4) is 0 Å². The molecular formula is C14H19N5OS2. The van der Waals surface area contributed by atoms with E-state index in [1.54, 1.807) is 11.3 Å². The lowest BCUT2D eigenvalue weighted by Crippen LogP contribution is -2.37. The quantitative estimate of drug-likeness (QED) is 0.935. The number of rotatable bonds is 3. The highest BCUT2D eigenvalue weighted by molar-refractivity contribution is 7.10. The summed E-state index contributed by atoms with van der Waals surface area (Å²) in [6.45, 7) is 6.25. The topological polar surface area (TPSA) is 61.4 Å². The Hall–Kier alpha value is -1.51. The molecule has 1 aliphatic heterocycles. The van der Waals surface area contributed by atoms with Crippen LogP contribution in [0.1, 0.15) is 17.1 Å². The van der Waals surface area contributed by atoms with Crippen molar-refractivity contribution in [3.63, 3.8) is 0 Å². The van der Waals surface area contributed by atoms with Crippen LogP contribution in [0.2, 0.25) is 0 Å². The third-order valence-corrected chi connectivity index (χ3v) is 5.16. The van der Waals surface area contributed by atoms with E-state index in [4.69, 9.17) is 0 Å². The molecule has 8 heteroatoms. The molecule has 3 rings (SSSR count). The molecule has 6 nitrogen and oxygen atoms in total. The average Bonchev–Trinajstić information content (AvgIpc) is 3.07. The number of carbonyl (C=O) groups is 1. The lowest BCUT2D eigenvalue weighted by Gasteiger charge is -2.21. The minimum absolute atomic E-state index is 0.0749. The Labute approximate surface area is 137 Å². The highest BCUT2D eigenvalue weighted by Gasteiger charge is 2.20. The molecule has 0 bridgehead atoms. The molecular weight excluding hydrogens is 318 g/mol. The molecule has 1 saturated heterocycles. The fraction of sp³-hybridized carbons (Fsp3) is 0.500. The third kappa shape index (κ3) is 4.02. The third-order valence-electron chi connectivity index (χ3n) is 3.58. The van der Waals surface area contributed by atoms with Crippen molar-refractivity contribution in [2.45, 2.75) is 19.9 Å². The molecule has 0 spiro atoms. The Morgan fingerprint density at radius 2 is 2.27 bits per heavy atom. The number of carbonyl (C=O) groups excluding carboxylic acids is 1. The Morgan fingerprint density at radius 3 is 3.00 bits per heavy atom. The first-order chi connectivity index (χ1) is 10.7. The Kier molecular flexibility index (Phi) is 5.01. The zero-order valence-corrected chi connectivity index (χ0v) is 14.1. The summed E-state index contributed by atoms with van der Waals surface area (Å²) >= 11 is 3.01. The predicted octanol–water partition coefficient (Wildman–Crippen LogP) is 2.65. The molecule has 0 radical (unpaired) electrons. The zero-order valence-electron chi connectivity index (χ0n) is 12.5. The summed E-state index contributed by atoms with van der Waals surface area (Å²) < 4.78 is 4.08. The van der Waals surface area contributed by atoms with Crippen LogP contribution >= 0.6 is 22.9 Å². The van der Waals surface area contributed by atoms with Crippen molar-refractivity contribution < 1.29 is 4.79 Å². The van der Waals surface area contributed by atoms with Crippen molar-refractivity contribution in [3.8, 4) is 0 Å². The van der Waals surface area contributed by atoms with Gasteiger partial charge in [0.25, 0.3) is 0 Å². The maximum Gasteiger partial charge on any atom is 0.323 e. The number of hydrogen-bond donors (Lipinski definition) is 1. The summed E-state index contributed by atoms with van der Waals surface area (Å²) in [6.07, 6.45) is 0.994. The molecule has 0 saturated carbocycles. The zero-order chi connectivity index (χ0) is 15.4. The molecule has 2 aromatic rings. The van der Waals surface area contributed by atoms with Gasteiger partial charge < -0.3 is 4.90 Å². The normalized spacial score (nSPS) is 16.5. The molecule has 2 aromatic heterocycles. The molecule has 0 aliphatic carbocycles. The smallest absolute Gasteiger partial charge is 0.323 e. The van der Waals surface area contributed by atoms with E-state index in [9.17, 15) is 4.79 Å². The van der Waals surface area contributed by atoms with Crippen LogP contribution in [-0.2, 0) is 6.54 Å². The van der Waals surface area contributed by atoms with Gasteiger partial charge in [-0.1, -0.05) is 6.07 Å². The van der Waals surface area contributed by atoms with Gasteiger partial charge in [0.2, 0.25) is 5.13 Å². The maximum absolute atomic E-state index is 12.3. The molecule has 3 heterocycles. The van der Waals surface area contributed by atoms with E-state index in [-0.39, 0.29) is 6.03 Å². The van der Waals surface area contributed by atoms with E-state index in [2.05, 4.69) is 37.1 Å². The number of anilines is 1. The summed E-state index contributed by atoms with van der Waals surface area (Å²) in [6, 6.07) is 4.17. The van der Waals surface area contributed by atoms with Gasteiger partial charge in [-0.05, 0) is 24.8 Å². The van der Waals surface area contributed by atoms with Crippen molar-refractivity contribution in [3.05, 3.63) is 28.2 Å². The minimum Gasteiger partial charge on any atom is -0.323 e. The van der Waals surface area contributed by atoms with Crippen molar-refractivity contribution in [1.82, 2.24) is 19.2 Å². The fourth-order valence-electron chi connectivity index (χ4n) is 2.47. The number of aromatic nitrogens is 2. The first-order valence-corrected chi connectivity index (χ1v) is 8.97. The van der Waals surface area contributed by atoms with Gasteiger partial charge in [-0.25, -0.2) is 9.78 Å². The van der Waals surface area contributed by atoms with Crippen LogP contribution in [0.15, 0.2) is 17.5 Å². The highest BCUT2D eigenvalue weighted by Crippen LogP contribution is 2.15. The van der Waals surface area contributed by atoms with Crippen molar-refractivity contribution in [2.75, 3.05) is 31.5 Å². The first kappa shape index (κ1) is 15.4. The standard InChI is InChI=1S/C14H19N5OS2/c1-11-15-13(22-17-11)16-14(20)19-6-3-5-18(7-8-19)10-12-4-2-9-21-12/h2,4,9H,3,5-8,10H2,1H3,(H,15,16,17,20). The van der Waals surface area contributed by atoms with Crippen LogP contribution in [0.5, 0.6) is 0 Å². The van der Waals surface area contributed by atoms with E-state index in [1.165, 1.54) is 16.4 Å². The van der Waals surface area contributed by atoms with Crippen LogP contribution in [0.25, 0.3) is 0 Å². The molecule has 2 amide bonds. The maximum atomic E-state index is 12.3. The second-order valence-electron chi connectivity index (χ2n) is 5.27. The fourth-order valence-corrected chi connectivity index (χ4v) is 3.78. The molecule has 1 aliphatic rings. The Balaban J connectivity index is 1.52.